The molecule has 0 amide bonds. The van der Waals surface area contributed by atoms with Gasteiger partial charge in [-0.15, -0.1) is 0 Å². The molecular weight excluding hydrogens is 180 g/mol. The van der Waals surface area contributed by atoms with Crippen molar-refractivity contribution in [3.63, 3.8) is 0 Å². The van der Waals surface area contributed by atoms with E-state index in [2.05, 4.69) is 4.98 Å². The first-order valence-electron chi connectivity index (χ1n) is 4.49. The van der Waals surface area contributed by atoms with Gasteiger partial charge in [-0.05, 0) is 18.1 Å². The lowest BCUT2D eigenvalue weighted by Gasteiger charge is -1.96. The summed E-state index contributed by atoms with van der Waals surface area (Å²) < 4.78 is 1.78. The number of benzene rings is 1. The summed E-state index contributed by atoms with van der Waals surface area (Å²) in [6.45, 7) is 0.734. The molecule has 0 saturated heterocycles. The average Bonchev–Trinajstić information content (AvgIpc) is 2.72. The molecule has 4 nitrogen and oxygen atoms in total. The maximum absolute atomic E-state index is 10.9. The van der Waals surface area contributed by atoms with E-state index in [0.29, 0.717) is 0 Å². The second kappa shape index (κ2) is 2.35. The monoisotopic (exact) mass is 188 g/mol. The summed E-state index contributed by atoms with van der Waals surface area (Å²) in [7, 11) is 0. The zero-order chi connectivity index (χ0) is 9.71. The number of aromatic carboxylic acids is 1. The number of nitrogens with zero attached hydrogens (tertiary/aromatic N) is 2. The number of carbonyl (C=O) groups is 1. The standard InChI is InChI=1S/C10H8N2O2/c13-10(14)9-11-7-3-1-2-6-4-5-12(9)8(6)7/h1-3H,4-5H2,(H,13,14). The molecule has 0 atom stereocenters. The van der Waals surface area contributed by atoms with E-state index in [1.165, 1.54) is 5.56 Å². The van der Waals surface area contributed by atoms with Crippen molar-refractivity contribution in [3.8, 4) is 0 Å². The van der Waals surface area contributed by atoms with Crippen LogP contribution in [-0.4, -0.2) is 20.6 Å². The second-order valence-electron chi connectivity index (χ2n) is 3.43. The van der Waals surface area contributed by atoms with Gasteiger partial charge in [0, 0.05) is 6.54 Å². The summed E-state index contributed by atoms with van der Waals surface area (Å²) in [5.41, 5.74) is 2.98. The van der Waals surface area contributed by atoms with Crippen LogP contribution in [0.4, 0.5) is 0 Å². The van der Waals surface area contributed by atoms with Gasteiger partial charge in [-0.3, -0.25) is 0 Å². The number of carboxylic acid groups (broad SMARTS) is 1. The molecule has 1 N–H and O–H groups in total. The minimum absolute atomic E-state index is 0.157. The molecule has 1 aliphatic heterocycles. The zero-order valence-electron chi connectivity index (χ0n) is 7.40. The summed E-state index contributed by atoms with van der Waals surface area (Å²) >= 11 is 0. The third kappa shape index (κ3) is 0.775. The lowest BCUT2D eigenvalue weighted by atomic mass is 10.2. The first-order valence-corrected chi connectivity index (χ1v) is 4.49. The number of imidazole rings is 1. The Morgan fingerprint density at radius 2 is 2.36 bits per heavy atom. The SMILES string of the molecule is O=C(O)c1nc2cccc3c2n1CC3. The highest BCUT2D eigenvalue weighted by molar-refractivity contribution is 5.91. The predicted octanol–water partition coefficient (Wildman–Crippen LogP) is 1.29. The fourth-order valence-electron chi connectivity index (χ4n) is 2.07. The van der Waals surface area contributed by atoms with Crippen molar-refractivity contribution in [2.24, 2.45) is 0 Å². The van der Waals surface area contributed by atoms with Gasteiger partial charge in [-0.2, -0.15) is 0 Å². The highest BCUT2D eigenvalue weighted by Gasteiger charge is 2.22. The number of para-hydroxylation sites is 1. The van der Waals surface area contributed by atoms with Crippen LogP contribution in [0.1, 0.15) is 16.2 Å². The smallest absolute Gasteiger partial charge is 0.372 e. The van der Waals surface area contributed by atoms with Crippen LogP contribution in [0.15, 0.2) is 18.2 Å². The molecule has 4 heteroatoms. The van der Waals surface area contributed by atoms with Crippen molar-refractivity contribution in [2.45, 2.75) is 13.0 Å². The summed E-state index contributed by atoms with van der Waals surface area (Å²) in [5.74, 6) is -0.793. The Bertz CT molecular complexity index is 542. The quantitative estimate of drug-likeness (QED) is 0.733. The van der Waals surface area contributed by atoms with Gasteiger partial charge < -0.3 is 9.67 Å². The topological polar surface area (TPSA) is 55.1 Å². The van der Waals surface area contributed by atoms with Crippen LogP contribution in [0.2, 0.25) is 0 Å². The van der Waals surface area contributed by atoms with Crippen LogP contribution in [0.3, 0.4) is 0 Å². The van der Waals surface area contributed by atoms with Crippen LogP contribution >= 0.6 is 0 Å². The minimum Gasteiger partial charge on any atom is -0.475 e. The summed E-state index contributed by atoms with van der Waals surface area (Å²) in [6, 6.07) is 5.80. The number of aryl methyl sites for hydroxylation is 2. The molecule has 0 aliphatic carbocycles. The van der Waals surface area contributed by atoms with E-state index < -0.39 is 5.97 Å². The fourth-order valence-corrected chi connectivity index (χ4v) is 2.07. The Hall–Kier alpha value is -1.84. The Kier molecular flexibility index (Phi) is 1.27. The van der Waals surface area contributed by atoms with Gasteiger partial charge in [-0.1, -0.05) is 12.1 Å². The largest absolute Gasteiger partial charge is 0.475 e. The van der Waals surface area contributed by atoms with Crippen molar-refractivity contribution in [1.29, 1.82) is 0 Å². The Labute approximate surface area is 79.8 Å². The summed E-state index contributed by atoms with van der Waals surface area (Å²) in [4.78, 5) is 15.0. The Morgan fingerprint density at radius 3 is 3.14 bits per heavy atom. The van der Waals surface area contributed by atoms with Crippen molar-refractivity contribution in [3.05, 3.63) is 29.6 Å². The molecule has 3 rings (SSSR count). The first kappa shape index (κ1) is 7.55. The van der Waals surface area contributed by atoms with Crippen molar-refractivity contribution in [2.75, 3.05) is 0 Å². The lowest BCUT2D eigenvalue weighted by Crippen LogP contribution is -2.07. The van der Waals surface area contributed by atoms with Gasteiger partial charge in [0.25, 0.3) is 0 Å². The Morgan fingerprint density at radius 1 is 1.50 bits per heavy atom. The maximum Gasteiger partial charge on any atom is 0.372 e. The molecule has 1 aromatic heterocycles. The van der Waals surface area contributed by atoms with E-state index in [9.17, 15) is 4.79 Å². The van der Waals surface area contributed by atoms with Crippen LogP contribution < -0.4 is 0 Å². The number of carboxylic acids is 1. The minimum atomic E-state index is -0.950. The molecule has 0 fully saturated rings. The molecule has 2 aromatic rings. The van der Waals surface area contributed by atoms with Gasteiger partial charge in [0.15, 0.2) is 0 Å². The molecule has 1 aromatic carbocycles. The second-order valence-corrected chi connectivity index (χ2v) is 3.43. The molecule has 70 valence electrons. The van der Waals surface area contributed by atoms with Crippen molar-refractivity contribution in [1.82, 2.24) is 9.55 Å². The van der Waals surface area contributed by atoms with Crippen LogP contribution in [0.5, 0.6) is 0 Å². The van der Waals surface area contributed by atoms with E-state index in [0.717, 1.165) is 24.0 Å². The van der Waals surface area contributed by atoms with E-state index in [1.807, 2.05) is 18.2 Å². The van der Waals surface area contributed by atoms with Crippen molar-refractivity contribution >= 4 is 17.0 Å². The van der Waals surface area contributed by atoms with E-state index in [4.69, 9.17) is 5.11 Å². The number of hydrogen-bond donors (Lipinski definition) is 1. The number of rotatable bonds is 1. The van der Waals surface area contributed by atoms with Gasteiger partial charge >= 0.3 is 5.97 Å². The molecular formula is C10H8N2O2. The third-order valence-corrected chi connectivity index (χ3v) is 2.65. The highest BCUT2D eigenvalue weighted by Crippen LogP contribution is 2.26. The molecule has 0 radical (unpaired) electrons. The van der Waals surface area contributed by atoms with Crippen LogP contribution in [0.25, 0.3) is 11.0 Å². The summed E-state index contributed by atoms with van der Waals surface area (Å²) in [5, 5.41) is 8.94. The van der Waals surface area contributed by atoms with Crippen LogP contribution in [-0.2, 0) is 13.0 Å². The molecule has 2 heterocycles. The van der Waals surface area contributed by atoms with E-state index in [1.54, 1.807) is 4.57 Å². The predicted molar refractivity (Wildman–Crippen MR) is 50.4 cm³/mol. The van der Waals surface area contributed by atoms with Crippen molar-refractivity contribution < 1.29 is 9.90 Å². The highest BCUT2D eigenvalue weighted by atomic mass is 16.4. The average molecular weight is 188 g/mol. The van der Waals surface area contributed by atoms with Gasteiger partial charge in [0.1, 0.15) is 0 Å². The summed E-state index contributed by atoms with van der Waals surface area (Å²) in [6.07, 6.45) is 0.912. The zero-order valence-corrected chi connectivity index (χ0v) is 7.40. The van der Waals surface area contributed by atoms with Crippen LogP contribution in [0, 0.1) is 0 Å². The molecule has 0 spiro atoms. The van der Waals surface area contributed by atoms with Gasteiger partial charge in [-0.25, -0.2) is 9.78 Å². The lowest BCUT2D eigenvalue weighted by molar-refractivity contribution is 0.0679. The molecule has 0 bridgehead atoms. The van der Waals surface area contributed by atoms with Gasteiger partial charge in [0.05, 0.1) is 11.0 Å². The normalized spacial score (nSPS) is 13.7. The molecule has 0 unspecified atom stereocenters. The third-order valence-electron chi connectivity index (χ3n) is 2.65. The Balaban J connectivity index is 2.46. The molecule has 1 aliphatic rings. The molecule has 14 heavy (non-hydrogen) atoms. The maximum atomic E-state index is 10.9. The van der Waals surface area contributed by atoms with E-state index in [-0.39, 0.29) is 5.82 Å². The fraction of sp³-hybridized carbons (Fsp3) is 0.200. The van der Waals surface area contributed by atoms with Gasteiger partial charge in [0.2, 0.25) is 5.82 Å². The van der Waals surface area contributed by atoms with E-state index >= 15 is 0 Å². The molecule has 0 saturated carbocycles. The first-order chi connectivity index (χ1) is 6.77. The number of aromatic nitrogens is 2. The number of hydrogen-bond acceptors (Lipinski definition) is 2.